The summed E-state index contributed by atoms with van der Waals surface area (Å²) in [5.74, 6) is 0. The molecule has 0 unspecified atom stereocenters. The van der Waals surface area contributed by atoms with Crippen LogP contribution in [-0.2, 0) is 6.54 Å². The third-order valence-electron chi connectivity index (χ3n) is 3.28. The Balaban J connectivity index is 1.81. The lowest BCUT2D eigenvalue weighted by Gasteiger charge is -2.12. The third kappa shape index (κ3) is 2.18. The first kappa shape index (κ1) is 10.7. The number of aryl methyl sites for hydroxylation is 1. The van der Waals surface area contributed by atoms with Crippen LogP contribution in [0.4, 0.5) is 0 Å². The largest absolute Gasteiger partial charge is 0.392 e. The number of aromatic nitrogens is 2. The average molecular weight is 231 g/mol. The maximum Gasteiger partial charge on any atom is 0.137 e. The molecule has 1 N–H and O–H groups in total. The lowest BCUT2D eigenvalue weighted by atomic mass is 10.3. The molecule has 2 aromatic heterocycles. The van der Waals surface area contributed by atoms with Gasteiger partial charge >= 0.3 is 0 Å². The number of imidazole rings is 1. The Labute approximate surface area is 101 Å². The number of hydrogen-bond acceptors (Lipinski definition) is 3. The first-order valence-electron chi connectivity index (χ1n) is 6.05. The van der Waals surface area contributed by atoms with Crippen LogP contribution in [0.3, 0.4) is 0 Å². The Kier molecular flexibility index (Phi) is 2.61. The molecule has 2 aromatic rings. The van der Waals surface area contributed by atoms with Crippen molar-refractivity contribution < 1.29 is 5.11 Å². The maximum atomic E-state index is 9.49. The van der Waals surface area contributed by atoms with Gasteiger partial charge < -0.3 is 9.51 Å². The van der Waals surface area contributed by atoms with Crippen molar-refractivity contribution in [3.63, 3.8) is 0 Å². The molecule has 1 atom stereocenters. The van der Waals surface area contributed by atoms with E-state index in [4.69, 9.17) is 0 Å². The Bertz CT molecular complexity index is 534. The summed E-state index contributed by atoms with van der Waals surface area (Å²) >= 11 is 0. The fourth-order valence-corrected chi connectivity index (χ4v) is 2.42. The quantitative estimate of drug-likeness (QED) is 0.844. The molecule has 4 nitrogen and oxygen atoms in total. The summed E-state index contributed by atoms with van der Waals surface area (Å²) in [6, 6.07) is 4.11. The molecule has 90 valence electrons. The smallest absolute Gasteiger partial charge is 0.137 e. The number of aliphatic hydroxyl groups is 1. The van der Waals surface area contributed by atoms with Crippen molar-refractivity contribution in [1.29, 1.82) is 0 Å². The van der Waals surface area contributed by atoms with Gasteiger partial charge in [0.2, 0.25) is 0 Å². The van der Waals surface area contributed by atoms with Crippen molar-refractivity contribution in [2.24, 2.45) is 0 Å². The van der Waals surface area contributed by atoms with E-state index in [1.54, 1.807) is 0 Å². The number of aliphatic hydroxyl groups excluding tert-OH is 1. The zero-order valence-electron chi connectivity index (χ0n) is 10.0. The van der Waals surface area contributed by atoms with Crippen LogP contribution in [0.15, 0.2) is 24.5 Å². The number of β-amino-alcohol motifs (C(OH)–C–C–N with tert-alkyl or cyclic N) is 1. The van der Waals surface area contributed by atoms with Crippen LogP contribution in [0.25, 0.3) is 5.65 Å². The van der Waals surface area contributed by atoms with Crippen molar-refractivity contribution in [3.05, 3.63) is 35.8 Å². The lowest BCUT2D eigenvalue weighted by Crippen LogP contribution is -2.21. The van der Waals surface area contributed by atoms with Gasteiger partial charge in [-0.1, -0.05) is 6.07 Å². The van der Waals surface area contributed by atoms with Crippen LogP contribution in [0.1, 0.15) is 17.7 Å². The van der Waals surface area contributed by atoms with Crippen LogP contribution in [0.5, 0.6) is 0 Å². The second-order valence-electron chi connectivity index (χ2n) is 4.88. The molecule has 4 heteroatoms. The molecule has 0 bridgehead atoms. The zero-order valence-corrected chi connectivity index (χ0v) is 10.0. The second-order valence-corrected chi connectivity index (χ2v) is 4.88. The van der Waals surface area contributed by atoms with Crippen molar-refractivity contribution >= 4 is 5.65 Å². The molecule has 1 aliphatic rings. The highest BCUT2D eigenvalue weighted by Gasteiger charge is 2.20. The minimum absolute atomic E-state index is 0.158. The maximum absolute atomic E-state index is 9.49. The molecule has 1 fully saturated rings. The van der Waals surface area contributed by atoms with Gasteiger partial charge in [0.05, 0.1) is 11.8 Å². The van der Waals surface area contributed by atoms with Gasteiger partial charge in [0.25, 0.3) is 0 Å². The normalized spacial score (nSPS) is 21.4. The fourth-order valence-electron chi connectivity index (χ4n) is 2.42. The van der Waals surface area contributed by atoms with Crippen LogP contribution < -0.4 is 0 Å². The second kappa shape index (κ2) is 4.13. The molecule has 0 saturated carbocycles. The van der Waals surface area contributed by atoms with E-state index >= 15 is 0 Å². The van der Waals surface area contributed by atoms with Gasteiger partial charge in [0.15, 0.2) is 0 Å². The number of likely N-dealkylation sites (tertiary alicyclic amines) is 1. The van der Waals surface area contributed by atoms with E-state index in [9.17, 15) is 5.11 Å². The summed E-state index contributed by atoms with van der Waals surface area (Å²) in [4.78, 5) is 6.83. The molecule has 17 heavy (non-hydrogen) atoms. The Morgan fingerprint density at radius 2 is 2.29 bits per heavy atom. The molecule has 0 aromatic carbocycles. The Morgan fingerprint density at radius 1 is 1.41 bits per heavy atom. The highest BCUT2D eigenvalue weighted by molar-refractivity contribution is 5.41. The predicted octanol–water partition coefficient (Wildman–Crippen LogP) is 1.21. The van der Waals surface area contributed by atoms with Gasteiger partial charge in [-0.25, -0.2) is 4.98 Å². The van der Waals surface area contributed by atoms with Crippen LogP contribution in [0, 0.1) is 6.92 Å². The van der Waals surface area contributed by atoms with Gasteiger partial charge in [0.1, 0.15) is 5.65 Å². The average Bonchev–Trinajstić information content (AvgIpc) is 2.84. The van der Waals surface area contributed by atoms with E-state index < -0.39 is 0 Å². The molecule has 0 amide bonds. The summed E-state index contributed by atoms with van der Waals surface area (Å²) in [6.45, 7) is 4.65. The van der Waals surface area contributed by atoms with E-state index in [2.05, 4.69) is 39.7 Å². The highest BCUT2D eigenvalue weighted by Crippen LogP contribution is 2.14. The molecule has 0 radical (unpaired) electrons. The standard InChI is InChI=1S/C13H17N3O/c1-10-2-3-13-14-11(8-16(13)6-10)7-15-5-4-12(17)9-15/h2-3,6,8,12,17H,4-5,7,9H2,1H3/t12-/m0/s1. The van der Waals surface area contributed by atoms with Crippen LogP contribution >= 0.6 is 0 Å². The SMILES string of the molecule is Cc1ccc2nc(CN3CC[C@H](O)C3)cn2c1. The predicted molar refractivity (Wildman–Crippen MR) is 65.8 cm³/mol. The van der Waals surface area contributed by atoms with Crippen molar-refractivity contribution in [1.82, 2.24) is 14.3 Å². The number of nitrogens with zero attached hydrogens (tertiary/aromatic N) is 3. The summed E-state index contributed by atoms with van der Waals surface area (Å²) in [6.07, 6.45) is 4.89. The van der Waals surface area contributed by atoms with Crippen molar-refractivity contribution in [2.45, 2.75) is 26.0 Å². The summed E-state index contributed by atoms with van der Waals surface area (Å²) < 4.78 is 2.07. The van der Waals surface area contributed by atoms with E-state index in [-0.39, 0.29) is 6.10 Å². The number of rotatable bonds is 2. The molecule has 3 heterocycles. The lowest BCUT2D eigenvalue weighted by molar-refractivity contribution is 0.174. The number of fused-ring (bicyclic) bond motifs is 1. The van der Waals surface area contributed by atoms with Crippen LogP contribution in [0.2, 0.25) is 0 Å². The van der Waals surface area contributed by atoms with Gasteiger partial charge in [-0.3, -0.25) is 4.90 Å². The van der Waals surface area contributed by atoms with Gasteiger partial charge in [-0.15, -0.1) is 0 Å². The molecule has 0 spiro atoms. The van der Waals surface area contributed by atoms with Gasteiger partial charge in [-0.2, -0.15) is 0 Å². The first-order valence-corrected chi connectivity index (χ1v) is 6.05. The minimum Gasteiger partial charge on any atom is -0.392 e. The fraction of sp³-hybridized carbons (Fsp3) is 0.462. The van der Waals surface area contributed by atoms with E-state index in [1.807, 2.05) is 6.07 Å². The number of hydrogen-bond donors (Lipinski definition) is 1. The monoisotopic (exact) mass is 231 g/mol. The highest BCUT2D eigenvalue weighted by atomic mass is 16.3. The Hall–Kier alpha value is -1.39. The third-order valence-corrected chi connectivity index (χ3v) is 3.28. The molecule has 1 aliphatic heterocycles. The molecule has 3 rings (SSSR count). The summed E-state index contributed by atoms with van der Waals surface area (Å²) in [5, 5.41) is 9.49. The minimum atomic E-state index is -0.158. The molecule has 1 saturated heterocycles. The summed E-state index contributed by atoms with van der Waals surface area (Å²) in [5.41, 5.74) is 3.30. The molecule has 0 aliphatic carbocycles. The van der Waals surface area contributed by atoms with Crippen molar-refractivity contribution in [2.75, 3.05) is 13.1 Å². The molecular weight excluding hydrogens is 214 g/mol. The van der Waals surface area contributed by atoms with Gasteiger partial charge in [0, 0.05) is 32.0 Å². The summed E-state index contributed by atoms with van der Waals surface area (Å²) in [7, 11) is 0. The van der Waals surface area contributed by atoms with E-state index in [1.165, 1.54) is 5.56 Å². The van der Waals surface area contributed by atoms with Crippen molar-refractivity contribution in [3.8, 4) is 0 Å². The first-order chi connectivity index (χ1) is 8.20. The Morgan fingerprint density at radius 3 is 3.06 bits per heavy atom. The van der Waals surface area contributed by atoms with Gasteiger partial charge in [-0.05, 0) is 25.0 Å². The number of pyridine rings is 1. The van der Waals surface area contributed by atoms with Crippen LogP contribution in [-0.4, -0.2) is 38.6 Å². The van der Waals surface area contributed by atoms with E-state index in [0.717, 1.165) is 37.4 Å². The topological polar surface area (TPSA) is 40.8 Å². The zero-order chi connectivity index (χ0) is 11.8. The van der Waals surface area contributed by atoms with E-state index in [0.29, 0.717) is 0 Å². The molecular formula is C13H17N3O.